The van der Waals surface area contributed by atoms with Crippen molar-refractivity contribution in [1.82, 2.24) is 4.90 Å². The zero-order valence-electron chi connectivity index (χ0n) is 14.7. The molecule has 0 radical (unpaired) electrons. The Morgan fingerprint density at radius 3 is 2.36 bits per heavy atom. The average molecular weight is 364 g/mol. The molecule has 2 aromatic rings. The SMILES string of the molecule is COC(=O)c1ccc(CCCN(C)C[C@@H](O)c2ccccc2)cc1.Cl. The van der Waals surface area contributed by atoms with E-state index in [0.29, 0.717) is 12.1 Å². The fraction of sp³-hybridized carbons (Fsp3) is 0.350. The van der Waals surface area contributed by atoms with Gasteiger partial charge in [-0.2, -0.15) is 0 Å². The zero-order valence-corrected chi connectivity index (χ0v) is 15.5. The summed E-state index contributed by atoms with van der Waals surface area (Å²) >= 11 is 0. The van der Waals surface area contributed by atoms with Crippen LogP contribution in [0.3, 0.4) is 0 Å². The molecule has 1 N–H and O–H groups in total. The van der Waals surface area contributed by atoms with Gasteiger partial charge in [0, 0.05) is 6.54 Å². The minimum atomic E-state index is -0.462. The van der Waals surface area contributed by atoms with E-state index in [0.717, 1.165) is 24.9 Å². The highest BCUT2D eigenvalue weighted by atomic mass is 35.5. The number of benzene rings is 2. The van der Waals surface area contributed by atoms with Gasteiger partial charge >= 0.3 is 5.97 Å². The first kappa shape index (κ1) is 21.2. The Kier molecular flexibility index (Phi) is 9.21. The number of aliphatic hydroxyl groups excluding tert-OH is 1. The molecule has 0 spiro atoms. The van der Waals surface area contributed by atoms with E-state index in [9.17, 15) is 9.90 Å². The smallest absolute Gasteiger partial charge is 0.337 e. The molecule has 0 heterocycles. The standard InChI is InChI=1S/C20H25NO3.ClH/c1-21(15-19(22)17-8-4-3-5-9-17)14-6-7-16-10-12-18(13-11-16)20(23)24-2;/h3-5,8-13,19,22H,6-7,14-15H2,1-2H3;1H/t19-;/m1./s1. The van der Waals surface area contributed by atoms with Crippen LogP contribution in [0.15, 0.2) is 54.6 Å². The first-order valence-corrected chi connectivity index (χ1v) is 8.19. The number of carbonyl (C=O) groups excluding carboxylic acids is 1. The van der Waals surface area contributed by atoms with Crippen LogP contribution in [0.2, 0.25) is 0 Å². The predicted molar refractivity (Wildman–Crippen MR) is 102 cm³/mol. The largest absolute Gasteiger partial charge is 0.465 e. The number of hydrogen-bond donors (Lipinski definition) is 1. The molecule has 136 valence electrons. The first-order chi connectivity index (χ1) is 11.6. The molecule has 0 fully saturated rings. The Morgan fingerprint density at radius 2 is 1.76 bits per heavy atom. The summed E-state index contributed by atoms with van der Waals surface area (Å²) in [5.41, 5.74) is 2.71. The van der Waals surface area contributed by atoms with E-state index in [1.807, 2.05) is 49.5 Å². The maximum absolute atomic E-state index is 11.4. The summed E-state index contributed by atoms with van der Waals surface area (Å²) in [7, 11) is 3.41. The number of esters is 1. The van der Waals surface area contributed by atoms with Crippen LogP contribution in [0.5, 0.6) is 0 Å². The van der Waals surface area contributed by atoms with Gasteiger partial charge in [-0.05, 0) is 49.7 Å². The Balaban J connectivity index is 0.00000312. The molecule has 0 saturated carbocycles. The number of hydrogen-bond acceptors (Lipinski definition) is 4. The summed E-state index contributed by atoms with van der Waals surface area (Å²) in [5, 5.41) is 10.2. The normalized spacial score (nSPS) is 11.7. The maximum Gasteiger partial charge on any atom is 0.337 e. The van der Waals surface area contributed by atoms with Gasteiger partial charge in [0.2, 0.25) is 0 Å². The Bertz CT molecular complexity index is 631. The monoisotopic (exact) mass is 363 g/mol. The van der Waals surface area contributed by atoms with Crippen LogP contribution in [-0.2, 0) is 11.2 Å². The topological polar surface area (TPSA) is 49.8 Å². The van der Waals surface area contributed by atoms with E-state index >= 15 is 0 Å². The van der Waals surface area contributed by atoms with Crippen LogP contribution >= 0.6 is 12.4 Å². The second-order valence-corrected chi connectivity index (χ2v) is 5.98. The highest BCUT2D eigenvalue weighted by molar-refractivity contribution is 5.89. The molecule has 5 heteroatoms. The van der Waals surface area contributed by atoms with Gasteiger partial charge < -0.3 is 14.7 Å². The lowest BCUT2D eigenvalue weighted by Gasteiger charge is -2.20. The summed E-state index contributed by atoms with van der Waals surface area (Å²) in [6, 6.07) is 17.2. The summed E-state index contributed by atoms with van der Waals surface area (Å²) in [6.45, 7) is 1.52. The van der Waals surface area contributed by atoms with Gasteiger partial charge in [0.05, 0.1) is 18.8 Å². The summed E-state index contributed by atoms with van der Waals surface area (Å²) < 4.78 is 4.69. The van der Waals surface area contributed by atoms with E-state index < -0.39 is 6.10 Å². The average Bonchev–Trinajstić information content (AvgIpc) is 2.62. The molecule has 0 amide bonds. The van der Waals surface area contributed by atoms with Crippen LogP contribution < -0.4 is 0 Å². The quantitative estimate of drug-likeness (QED) is 0.729. The Morgan fingerprint density at radius 1 is 1.12 bits per heavy atom. The molecule has 4 nitrogen and oxygen atoms in total. The molecule has 0 aliphatic carbocycles. The maximum atomic E-state index is 11.4. The summed E-state index contributed by atoms with van der Waals surface area (Å²) in [6.07, 6.45) is 1.47. The van der Waals surface area contributed by atoms with Crippen LogP contribution in [-0.4, -0.2) is 43.2 Å². The Hall–Kier alpha value is -1.88. The molecule has 0 aliphatic rings. The molecule has 25 heavy (non-hydrogen) atoms. The molecular formula is C20H26ClNO3. The minimum Gasteiger partial charge on any atom is -0.465 e. The number of rotatable bonds is 8. The van der Waals surface area contributed by atoms with Crippen molar-refractivity contribution < 1.29 is 14.6 Å². The lowest BCUT2D eigenvalue weighted by molar-refractivity contribution is 0.0600. The second kappa shape index (κ2) is 10.9. The molecule has 1 atom stereocenters. The van der Waals surface area contributed by atoms with Crippen molar-refractivity contribution in [3.05, 3.63) is 71.3 Å². The number of halogens is 1. The van der Waals surface area contributed by atoms with Crippen molar-refractivity contribution in [2.75, 3.05) is 27.2 Å². The molecule has 2 aromatic carbocycles. The van der Waals surface area contributed by atoms with E-state index in [2.05, 4.69) is 4.90 Å². The first-order valence-electron chi connectivity index (χ1n) is 8.19. The number of nitrogens with zero attached hydrogens (tertiary/aromatic N) is 1. The van der Waals surface area contributed by atoms with Crippen molar-refractivity contribution in [3.63, 3.8) is 0 Å². The summed E-state index contributed by atoms with van der Waals surface area (Å²) in [5.74, 6) is -0.309. The van der Waals surface area contributed by atoms with Crippen LogP contribution in [0, 0.1) is 0 Å². The number of methoxy groups -OCH3 is 1. The fourth-order valence-corrected chi connectivity index (χ4v) is 2.65. The lowest BCUT2D eigenvalue weighted by atomic mass is 10.1. The zero-order chi connectivity index (χ0) is 17.4. The Labute approximate surface area is 155 Å². The third-order valence-corrected chi connectivity index (χ3v) is 4.05. The molecule has 0 aromatic heterocycles. The predicted octanol–water partition coefficient (Wildman–Crippen LogP) is 3.49. The van der Waals surface area contributed by atoms with Crippen molar-refractivity contribution in [1.29, 1.82) is 0 Å². The molecule has 0 bridgehead atoms. The van der Waals surface area contributed by atoms with Crippen LogP contribution in [0.4, 0.5) is 0 Å². The van der Waals surface area contributed by atoms with Crippen molar-refractivity contribution in [2.45, 2.75) is 18.9 Å². The van der Waals surface area contributed by atoms with E-state index in [-0.39, 0.29) is 18.4 Å². The number of likely N-dealkylation sites (N-methyl/N-ethyl adjacent to an activating group) is 1. The van der Waals surface area contributed by atoms with Gasteiger partial charge in [0.25, 0.3) is 0 Å². The van der Waals surface area contributed by atoms with Gasteiger partial charge in [-0.15, -0.1) is 12.4 Å². The van der Waals surface area contributed by atoms with Gasteiger partial charge in [-0.3, -0.25) is 0 Å². The minimum absolute atomic E-state index is 0. The van der Waals surface area contributed by atoms with Gasteiger partial charge in [-0.1, -0.05) is 42.5 Å². The molecule has 0 aliphatic heterocycles. The summed E-state index contributed by atoms with van der Waals surface area (Å²) in [4.78, 5) is 13.5. The van der Waals surface area contributed by atoms with Crippen molar-refractivity contribution in [3.8, 4) is 0 Å². The van der Waals surface area contributed by atoms with Crippen LogP contribution in [0.25, 0.3) is 0 Å². The lowest BCUT2D eigenvalue weighted by Crippen LogP contribution is -2.26. The molecular weight excluding hydrogens is 338 g/mol. The van der Waals surface area contributed by atoms with Crippen molar-refractivity contribution >= 4 is 18.4 Å². The highest BCUT2D eigenvalue weighted by Gasteiger charge is 2.10. The number of carbonyl (C=O) groups is 1. The van der Waals surface area contributed by atoms with E-state index in [1.54, 1.807) is 12.1 Å². The number of ether oxygens (including phenoxy) is 1. The van der Waals surface area contributed by atoms with E-state index in [1.165, 1.54) is 12.7 Å². The van der Waals surface area contributed by atoms with Gasteiger partial charge in [-0.25, -0.2) is 4.79 Å². The number of aryl methyl sites for hydroxylation is 1. The molecule has 0 saturated heterocycles. The third kappa shape index (κ3) is 6.86. The fourth-order valence-electron chi connectivity index (χ4n) is 2.65. The molecule has 0 unspecified atom stereocenters. The van der Waals surface area contributed by atoms with Gasteiger partial charge in [0.1, 0.15) is 0 Å². The van der Waals surface area contributed by atoms with Crippen LogP contribution in [0.1, 0.15) is 34.0 Å². The molecule has 2 rings (SSSR count). The van der Waals surface area contributed by atoms with Crippen molar-refractivity contribution in [2.24, 2.45) is 0 Å². The van der Waals surface area contributed by atoms with E-state index in [4.69, 9.17) is 4.74 Å². The second-order valence-electron chi connectivity index (χ2n) is 5.98. The highest BCUT2D eigenvalue weighted by Crippen LogP contribution is 2.13. The van der Waals surface area contributed by atoms with Gasteiger partial charge in [0.15, 0.2) is 0 Å². The third-order valence-electron chi connectivity index (χ3n) is 4.05. The number of aliphatic hydroxyl groups is 1.